The highest BCUT2D eigenvalue weighted by atomic mass is 79.9. The molecule has 122 valence electrons. The van der Waals surface area contributed by atoms with Crippen LogP contribution < -0.4 is 0 Å². The lowest BCUT2D eigenvalue weighted by atomic mass is 9.97. The molecule has 1 aromatic rings. The topological polar surface area (TPSA) is 55.8 Å². The summed E-state index contributed by atoms with van der Waals surface area (Å²) in [6.07, 6.45) is 6.77. The SMILES string of the molecule is O=C(OCCCCO[C@@H]1CCCC[C@H]1Br)c1ccccc1O. The number of halogens is 1. The molecule has 4 nitrogen and oxygen atoms in total. The minimum atomic E-state index is -0.480. The van der Waals surface area contributed by atoms with Crippen molar-refractivity contribution in [3.8, 4) is 5.75 Å². The Labute approximate surface area is 139 Å². The molecule has 0 bridgehead atoms. The zero-order chi connectivity index (χ0) is 15.8. The summed E-state index contributed by atoms with van der Waals surface area (Å²) in [6, 6.07) is 6.40. The average molecular weight is 371 g/mol. The normalized spacial score (nSPS) is 21.5. The summed E-state index contributed by atoms with van der Waals surface area (Å²) in [5.41, 5.74) is 0.211. The second kappa shape index (κ2) is 9.16. The van der Waals surface area contributed by atoms with E-state index < -0.39 is 5.97 Å². The largest absolute Gasteiger partial charge is 0.507 e. The first-order valence-electron chi connectivity index (χ1n) is 7.89. The summed E-state index contributed by atoms with van der Waals surface area (Å²) in [6.45, 7) is 1.04. The number of carbonyl (C=O) groups is 1. The molecule has 0 unspecified atom stereocenters. The molecule has 1 aromatic carbocycles. The fraction of sp³-hybridized carbons (Fsp3) is 0.588. The van der Waals surface area contributed by atoms with E-state index in [-0.39, 0.29) is 11.3 Å². The molecular formula is C17H23BrO4. The molecule has 1 aliphatic rings. The van der Waals surface area contributed by atoms with Crippen molar-refractivity contribution in [1.29, 1.82) is 0 Å². The summed E-state index contributed by atoms with van der Waals surface area (Å²) < 4.78 is 11.0. The Bertz CT molecular complexity index is 477. The van der Waals surface area contributed by atoms with Crippen molar-refractivity contribution < 1.29 is 19.4 Å². The van der Waals surface area contributed by atoms with Gasteiger partial charge in [0.15, 0.2) is 0 Å². The maximum atomic E-state index is 11.8. The van der Waals surface area contributed by atoms with Crippen LogP contribution in [0.15, 0.2) is 24.3 Å². The Hall–Kier alpha value is -1.07. The van der Waals surface area contributed by atoms with Gasteiger partial charge in [-0.25, -0.2) is 4.79 Å². The molecule has 0 spiro atoms. The molecule has 0 aromatic heterocycles. The first kappa shape index (κ1) is 17.3. The van der Waals surface area contributed by atoms with Gasteiger partial charge in [-0.2, -0.15) is 0 Å². The molecule has 2 atom stereocenters. The minimum absolute atomic E-state index is 0.0449. The van der Waals surface area contributed by atoms with Crippen LogP contribution in [0.2, 0.25) is 0 Å². The first-order valence-corrected chi connectivity index (χ1v) is 8.81. The molecule has 0 amide bonds. The van der Waals surface area contributed by atoms with Crippen molar-refractivity contribution in [3.05, 3.63) is 29.8 Å². The van der Waals surface area contributed by atoms with Crippen LogP contribution >= 0.6 is 15.9 Å². The number of unbranched alkanes of at least 4 members (excludes halogenated alkanes) is 1. The fourth-order valence-corrected chi connectivity index (χ4v) is 3.31. The molecule has 1 aliphatic carbocycles. The van der Waals surface area contributed by atoms with Crippen molar-refractivity contribution >= 4 is 21.9 Å². The highest BCUT2D eigenvalue weighted by molar-refractivity contribution is 9.09. The zero-order valence-corrected chi connectivity index (χ0v) is 14.3. The third kappa shape index (κ3) is 5.29. The second-order valence-electron chi connectivity index (χ2n) is 5.57. The molecule has 0 radical (unpaired) electrons. The minimum Gasteiger partial charge on any atom is -0.507 e. The van der Waals surface area contributed by atoms with Crippen LogP contribution in [0.1, 0.15) is 48.9 Å². The molecule has 0 saturated heterocycles. The Kier molecular flexibility index (Phi) is 7.19. The predicted molar refractivity (Wildman–Crippen MR) is 88.5 cm³/mol. The summed E-state index contributed by atoms with van der Waals surface area (Å²) in [5, 5.41) is 9.57. The second-order valence-corrected chi connectivity index (χ2v) is 6.75. The van der Waals surface area contributed by atoms with Gasteiger partial charge in [-0.15, -0.1) is 0 Å². The van der Waals surface area contributed by atoms with Crippen molar-refractivity contribution in [2.45, 2.75) is 49.5 Å². The zero-order valence-electron chi connectivity index (χ0n) is 12.7. The third-order valence-corrected chi connectivity index (χ3v) is 4.90. The van der Waals surface area contributed by atoms with Crippen molar-refractivity contribution in [2.24, 2.45) is 0 Å². The lowest BCUT2D eigenvalue weighted by Gasteiger charge is -2.27. The van der Waals surface area contributed by atoms with Gasteiger partial charge < -0.3 is 14.6 Å². The Balaban J connectivity index is 1.57. The highest BCUT2D eigenvalue weighted by Crippen LogP contribution is 2.27. The van der Waals surface area contributed by atoms with Crippen LogP contribution in [0.5, 0.6) is 5.75 Å². The van der Waals surface area contributed by atoms with E-state index in [0.29, 0.717) is 24.1 Å². The first-order chi connectivity index (χ1) is 10.7. The number of alkyl halides is 1. The number of benzene rings is 1. The number of phenols is 1. The summed E-state index contributed by atoms with van der Waals surface area (Å²) in [5.74, 6) is -0.525. The van der Waals surface area contributed by atoms with Gasteiger partial charge in [0, 0.05) is 11.4 Å². The molecule has 1 saturated carbocycles. The molecule has 22 heavy (non-hydrogen) atoms. The molecule has 1 N–H and O–H groups in total. The van der Waals surface area contributed by atoms with Crippen LogP contribution in [-0.4, -0.2) is 35.2 Å². The van der Waals surface area contributed by atoms with Gasteiger partial charge in [-0.3, -0.25) is 0 Å². The maximum Gasteiger partial charge on any atom is 0.341 e. The average Bonchev–Trinajstić information content (AvgIpc) is 2.52. The number of para-hydroxylation sites is 1. The molecular weight excluding hydrogens is 348 g/mol. The number of carbonyl (C=O) groups excluding carboxylic acids is 1. The van der Waals surface area contributed by atoms with E-state index >= 15 is 0 Å². The smallest absolute Gasteiger partial charge is 0.341 e. The molecule has 2 rings (SSSR count). The van der Waals surface area contributed by atoms with Gasteiger partial charge in [-0.1, -0.05) is 40.9 Å². The molecule has 5 heteroatoms. The van der Waals surface area contributed by atoms with Crippen LogP contribution in [0.3, 0.4) is 0 Å². The Morgan fingerprint density at radius 3 is 2.68 bits per heavy atom. The Morgan fingerprint density at radius 1 is 1.18 bits per heavy atom. The van der Waals surface area contributed by atoms with Crippen molar-refractivity contribution in [1.82, 2.24) is 0 Å². The monoisotopic (exact) mass is 370 g/mol. The maximum absolute atomic E-state index is 11.8. The van der Waals surface area contributed by atoms with E-state index in [4.69, 9.17) is 9.47 Å². The number of rotatable bonds is 7. The number of hydrogen-bond acceptors (Lipinski definition) is 4. The number of esters is 1. The number of aromatic hydroxyl groups is 1. The van der Waals surface area contributed by atoms with Crippen LogP contribution in [0.25, 0.3) is 0 Å². The molecule has 0 aliphatic heterocycles. The third-order valence-electron chi connectivity index (χ3n) is 3.85. The van der Waals surface area contributed by atoms with Gasteiger partial charge in [0.25, 0.3) is 0 Å². The molecule has 0 heterocycles. The number of phenolic OH excluding ortho intramolecular Hbond substituents is 1. The van der Waals surface area contributed by atoms with Gasteiger partial charge in [0.1, 0.15) is 11.3 Å². The lowest BCUT2D eigenvalue weighted by molar-refractivity contribution is 0.0267. The lowest BCUT2D eigenvalue weighted by Crippen LogP contribution is -2.28. The van der Waals surface area contributed by atoms with Gasteiger partial charge >= 0.3 is 5.97 Å². The van der Waals surface area contributed by atoms with Crippen LogP contribution in [-0.2, 0) is 9.47 Å². The summed E-state index contributed by atoms with van der Waals surface area (Å²) >= 11 is 3.67. The summed E-state index contributed by atoms with van der Waals surface area (Å²) in [7, 11) is 0. The highest BCUT2D eigenvalue weighted by Gasteiger charge is 2.22. The van der Waals surface area contributed by atoms with E-state index in [2.05, 4.69) is 15.9 Å². The standard InChI is InChI=1S/C17H23BrO4/c18-14-8-2-4-10-16(14)21-11-5-6-12-22-17(20)13-7-1-3-9-15(13)19/h1,3,7,9,14,16,19H,2,4-6,8,10-12H2/t14-,16-/m1/s1. The van der Waals surface area contributed by atoms with Crippen LogP contribution in [0.4, 0.5) is 0 Å². The summed E-state index contributed by atoms with van der Waals surface area (Å²) in [4.78, 5) is 12.2. The van der Waals surface area contributed by atoms with E-state index in [9.17, 15) is 9.90 Å². The van der Waals surface area contributed by atoms with Crippen LogP contribution in [0, 0.1) is 0 Å². The number of ether oxygens (including phenoxy) is 2. The van der Waals surface area contributed by atoms with Gasteiger partial charge in [0.05, 0.1) is 12.7 Å². The Morgan fingerprint density at radius 2 is 1.91 bits per heavy atom. The number of hydrogen-bond donors (Lipinski definition) is 1. The molecule has 1 fully saturated rings. The van der Waals surface area contributed by atoms with Crippen molar-refractivity contribution in [2.75, 3.05) is 13.2 Å². The predicted octanol–water partition coefficient (Wildman–Crippen LogP) is 4.05. The van der Waals surface area contributed by atoms with E-state index in [1.54, 1.807) is 18.2 Å². The van der Waals surface area contributed by atoms with E-state index in [0.717, 1.165) is 19.3 Å². The van der Waals surface area contributed by atoms with Crippen molar-refractivity contribution in [3.63, 3.8) is 0 Å². The van der Waals surface area contributed by atoms with Gasteiger partial charge in [0.2, 0.25) is 0 Å². The van der Waals surface area contributed by atoms with Gasteiger partial charge in [-0.05, 0) is 37.8 Å². The fourth-order valence-electron chi connectivity index (χ4n) is 2.57. The quantitative estimate of drug-likeness (QED) is 0.446. The van der Waals surface area contributed by atoms with E-state index in [1.165, 1.54) is 25.3 Å². The van der Waals surface area contributed by atoms with E-state index in [1.807, 2.05) is 0 Å².